The van der Waals surface area contributed by atoms with Gasteiger partial charge in [0.05, 0.1) is 20.8 Å². The van der Waals surface area contributed by atoms with Crippen molar-refractivity contribution in [2.75, 3.05) is 20.8 Å². The predicted octanol–water partition coefficient (Wildman–Crippen LogP) is 3.73. The Morgan fingerprint density at radius 2 is 1.65 bits per heavy atom. The Hall–Kier alpha value is -3.22. The van der Waals surface area contributed by atoms with Gasteiger partial charge in [0.15, 0.2) is 18.1 Å². The first-order valence-electron chi connectivity index (χ1n) is 8.14. The molecule has 3 aromatic rings. The summed E-state index contributed by atoms with van der Waals surface area (Å²) in [6, 6.07) is 12.8. The summed E-state index contributed by atoms with van der Waals surface area (Å²) in [7, 11) is 3.16. The second-order valence-electron chi connectivity index (χ2n) is 5.27. The third-order valence-corrected chi connectivity index (χ3v) is 3.58. The van der Waals surface area contributed by atoms with Crippen LogP contribution in [-0.4, -0.2) is 31.0 Å². The number of benzene rings is 2. The highest BCUT2D eigenvalue weighted by atomic mass is 16.5. The van der Waals surface area contributed by atoms with E-state index in [-0.39, 0.29) is 6.61 Å². The topological polar surface area (TPSA) is 75.8 Å². The number of aromatic nitrogens is 2. The standard InChI is InChI=1S/C19H20N2O5/c1-4-24-14-6-5-7-15(11-14)25-12-18-20-21-19(26-18)13-8-9-16(22-2)17(10-13)23-3/h5-11H,4,12H2,1-3H3. The van der Waals surface area contributed by atoms with E-state index in [2.05, 4.69) is 10.2 Å². The van der Waals surface area contributed by atoms with Gasteiger partial charge in [-0.3, -0.25) is 0 Å². The van der Waals surface area contributed by atoms with Crippen molar-refractivity contribution in [3.05, 3.63) is 48.4 Å². The molecule has 0 amide bonds. The van der Waals surface area contributed by atoms with Crippen LogP contribution in [0.3, 0.4) is 0 Å². The molecule has 0 spiro atoms. The summed E-state index contributed by atoms with van der Waals surface area (Å²) < 4.78 is 27.3. The Balaban J connectivity index is 1.69. The van der Waals surface area contributed by atoms with Gasteiger partial charge in [0.25, 0.3) is 5.89 Å². The van der Waals surface area contributed by atoms with Crippen molar-refractivity contribution in [3.8, 4) is 34.5 Å². The normalized spacial score (nSPS) is 10.4. The molecule has 3 rings (SSSR count). The van der Waals surface area contributed by atoms with Crippen molar-refractivity contribution < 1.29 is 23.4 Å². The van der Waals surface area contributed by atoms with Gasteiger partial charge in [-0.25, -0.2) is 0 Å². The summed E-state index contributed by atoms with van der Waals surface area (Å²) in [5.74, 6) is 3.40. The summed E-state index contributed by atoms with van der Waals surface area (Å²) >= 11 is 0. The maximum absolute atomic E-state index is 5.69. The third-order valence-electron chi connectivity index (χ3n) is 3.58. The highest BCUT2D eigenvalue weighted by Crippen LogP contribution is 2.31. The molecule has 0 aliphatic carbocycles. The quantitative estimate of drug-likeness (QED) is 0.608. The minimum Gasteiger partial charge on any atom is -0.494 e. The Labute approximate surface area is 151 Å². The number of ether oxygens (including phenoxy) is 4. The van der Waals surface area contributed by atoms with E-state index in [4.69, 9.17) is 23.4 Å². The summed E-state index contributed by atoms with van der Waals surface area (Å²) in [5.41, 5.74) is 0.736. The van der Waals surface area contributed by atoms with E-state index in [0.29, 0.717) is 35.6 Å². The maximum atomic E-state index is 5.69. The Morgan fingerprint density at radius 3 is 2.38 bits per heavy atom. The van der Waals surface area contributed by atoms with Gasteiger partial charge < -0.3 is 23.4 Å². The zero-order valence-corrected chi connectivity index (χ0v) is 14.9. The Kier molecular flexibility index (Phi) is 5.58. The second-order valence-corrected chi connectivity index (χ2v) is 5.27. The highest BCUT2D eigenvalue weighted by Gasteiger charge is 2.12. The maximum Gasteiger partial charge on any atom is 0.254 e. The van der Waals surface area contributed by atoms with Crippen LogP contribution in [0.4, 0.5) is 0 Å². The van der Waals surface area contributed by atoms with Crippen molar-refractivity contribution >= 4 is 0 Å². The van der Waals surface area contributed by atoms with E-state index in [1.54, 1.807) is 26.4 Å². The lowest BCUT2D eigenvalue weighted by Crippen LogP contribution is -1.97. The van der Waals surface area contributed by atoms with Crippen LogP contribution in [0.15, 0.2) is 46.9 Å². The molecule has 0 fully saturated rings. The Bertz CT molecular complexity index is 863. The lowest BCUT2D eigenvalue weighted by Gasteiger charge is -2.07. The van der Waals surface area contributed by atoms with Crippen LogP contribution in [0.5, 0.6) is 23.0 Å². The van der Waals surface area contributed by atoms with E-state index in [9.17, 15) is 0 Å². The molecule has 0 N–H and O–H groups in total. The molecule has 136 valence electrons. The van der Waals surface area contributed by atoms with Crippen LogP contribution in [-0.2, 0) is 6.61 Å². The van der Waals surface area contributed by atoms with Gasteiger partial charge in [0, 0.05) is 11.6 Å². The number of nitrogens with zero attached hydrogens (tertiary/aromatic N) is 2. The van der Waals surface area contributed by atoms with E-state index >= 15 is 0 Å². The van der Waals surface area contributed by atoms with Gasteiger partial charge >= 0.3 is 0 Å². The van der Waals surface area contributed by atoms with Gasteiger partial charge in [0.2, 0.25) is 5.89 Å². The van der Waals surface area contributed by atoms with Gasteiger partial charge in [-0.15, -0.1) is 10.2 Å². The molecular weight excluding hydrogens is 336 g/mol. The lowest BCUT2D eigenvalue weighted by atomic mass is 10.2. The molecule has 2 aromatic carbocycles. The molecule has 0 aliphatic heterocycles. The molecular formula is C19H20N2O5. The van der Waals surface area contributed by atoms with E-state index < -0.39 is 0 Å². The van der Waals surface area contributed by atoms with Gasteiger partial charge in [-0.2, -0.15) is 0 Å². The first-order chi connectivity index (χ1) is 12.7. The molecule has 0 unspecified atom stereocenters. The van der Waals surface area contributed by atoms with Crippen molar-refractivity contribution in [1.82, 2.24) is 10.2 Å². The van der Waals surface area contributed by atoms with E-state index in [0.717, 1.165) is 11.3 Å². The van der Waals surface area contributed by atoms with Crippen LogP contribution >= 0.6 is 0 Å². The first kappa shape index (κ1) is 17.6. The molecule has 26 heavy (non-hydrogen) atoms. The van der Waals surface area contributed by atoms with Crippen molar-refractivity contribution in [1.29, 1.82) is 0 Å². The van der Waals surface area contributed by atoms with Gasteiger partial charge in [-0.1, -0.05) is 6.07 Å². The number of methoxy groups -OCH3 is 2. The van der Waals surface area contributed by atoms with Gasteiger partial charge in [-0.05, 0) is 37.3 Å². The molecule has 7 nitrogen and oxygen atoms in total. The fraction of sp³-hybridized carbons (Fsp3) is 0.263. The lowest BCUT2D eigenvalue weighted by molar-refractivity contribution is 0.262. The van der Waals surface area contributed by atoms with Crippen LogP contribution in [0.1, 0.15) is 12.8 Å². The molecule has 0 atom stereocenters. The minimum atomic E-state index is 0.163. The van der Waals surface area contributed by atoms with Crippen molar-refractivity contribution in [2.45, 2.75) is 13.5 Å². The summed E-state index contributed by atoms with van der Waals surface area (Å²) in [5, 5.41) is 8.08. The Morgan fingerprint density at radius 1 is 0.885 bits per heavy atom. The molecule has 1 heterocycles. The SMILES string of the molecule is CCOc1cccc(OCc2nnc(-c3ccc(OC)c(OC)c3)o2)c1. The molecule has 0 radical (unpaired) electrons. The fourth-order valence-electron chi connectivity index (χ4n) is 2.36. The highest BCUT2D eigenvalue weighted by molar-refractivity contribution is 5.59. The van der Waals surface area contributed by atoms with Gasteiger partial charge in [0.1, 0.15) is 11.5 Å². The zero-order valence-electron chi connectivity index (χ0n) is 14.9. The monoisotopic (exact) mass is 356 g/mol. The average molecular weight is 356 g/mol. The molecule has 7 heteroatoms. The molecule has 1 aromatic heterocycles. The van der Waals surface area contributed by atoms with Crippen molar-refractivity contribution in [3.63, 3.8) is 0 Å². The second kappa shape index (κ2) is 8.24. The number of rotatable bonds is 8. The molecule has 0 aliphatic rings. The largest absolute Gasteiger partial charge is 0.494 e. The fourth-order valence-corrected chi connectivity index (χ4v) is 2.36. The zero-order chi connectivity index (χ0) is 18.4. The van der Waals surface area contributed by atoms with E-state index in [1.165, 1.54) is 0 Å². The molecule has 0 saturated heterocycles. The summed E-state index contributed by atoms with van der Waals surface area (Å²) in [6.07, 6.45) is 0. The summed E-state index contributed by atoms with van der Waals surface area (Å²) in [6.45, 7) is 2.69. The van der Waals surface area contributed by atoms with Crippen LogP contribution in [0.2, 0.25) is 0 Å². The van der Waals surface area contributed by atoms with E-state index in [1.807, 2.05) is 37.3 Å². The molecule has 0 bridgehead atoms. The van der Waals surface area contributed by atoms with Crippen LogP contribution in [0, 0.1) is 0 Å². The third kappa shape index (κ3) is 4.05. The van der Waals surface area contributed by atoms with Crippen LogP contribution < -0.4 is 18.9 Å². The average Bonchev–Trinajstić information content (AvgIpc) is 3.15. The first-order valence-corrected chi connectivity index (χ1v) is 8.14. The summed E-state index contributed by atoms with van der Waals surface area (Å²) in [4.78, 5) is 0. The smallest absolute Gasteiger partial charge is 0.254 e. The van der Waals surface area contributed by atoms with Crippen molar-refractivity contribution in [2.24, 2.45) is 0 Å². The predicted molar refractivity (Wildman–Crippen MR) is 94.8 cm³/mol. The van der Waals surface area contributed by atoms with Crippen LogP contribution in [0.25, 0.3) is 11.5 Å². The number of hydrogen-bond donors (Lipinski definition) is 0. The minimum absolute atomic E-state index is 0.163. The number of hydrogen-bond acceptors (Lipinski definition) is 7. The molecule has 0 saturated carbocycles.